The largest absolute Gasteiger partial charge is 0.391 e. The third kappa shape index (κ3) is 5.07. The highest BCUT2D eigenvalue weighted by atomic mass is 32.2. The lowest BCUT2D eigenvalue weighted by molar-refractivity contribution is 0.0606. The summed E-state index contributed by atoms with van der Waals surface area (Å²) < 4.78 is 28.7. The van der Waals surface area contributed by atoms with Crippen LogP contribution in [0, 0.1) is 19.8 Å². The first-order valence-corrected chi connectivity index (χ1v) is 15.9. The highest BCUT2D eigenvalue weighted by molar-refractivity contribution is 7.93. The molecular formula is C29H37N7O4S. The average Bonchev–Trinajstić information content (AvgIpc) is 3.63. The van der Waals surface area contributed by atoms with Crippen LogP contribution in [0.2, 0.25) is 0 Å². The normalized spacial score (nSPS) is 24.7. The van der Waals surface area contributed by atoms with E-state index in [9.17, 15) is 18.3 Å². The van der Waals surface area contributed by atoms with Crippen molar-refractivity contribution in [3.05, 3.63) is 52.8 Å². The minimum Gasteiger partial charge on any atom is -0.391 e. The van der Waals surface area contributed by atoms with Crippen LogP contribution in [0.3, 0.4) is 0 Å². The van der Waals surface area contributed by atoms with E-state index in [1.54, 1.807) is 29.9 Å². The van der Waals surface area contributed by atoms with E-state index in [2.05, 4.69) is 9.89 Å². The van der Waals surface area contributed by atoms with E-state index >= 15 is 0 Å². The van der Waals surface area contributed by atoms with Gasteiger partial charge in [-0.05, 0) is 51.7 Å². The number of benzene rings is 1. The zero-order chi connectivity index (χ0) is 28.9. The van der Waals surface area contributed by atoms with Gasteiger partial charge in [-0.25, -0.2) is 17.9 Å². The van der Waals surface area contributed by atoms with Gasteiger partial charge in [0, 0.05) is 63.2 Å². The second kappa shape index (κ2) is 10.7. The first kappa shape index (κ1) is 27.6. The molecule has 5 heterocycles. The lowest BCUT2D eigenvalue weighted by Gasteiger charge is -2.35. The number of amides is 1. The Morgan fingerprint density at radius 1 is 1.12 bits per heavy atom. The van der Waals surface area contributed by atoms with Crippen LogP contribution in [0.15, 0.2) is 35.5 Å². The molecule has 41 heavy (non-hydrogen) atoms. The van der Waals surface area contributed by atoms with Gasteiger partial charge in [0.25, 0.3) is 5.91 Å². The van der Waals surface area contributed by atoms with E-state index in [0.717, 1.165) is 41.9 Å². The van der Waals surface area contributed by atoms with Crippen molar-refractivity contribution in [2.75, 3.05) is 48.2 Å². The fourth-order valence-electron chi connectivity index (χ4n) is 6.41. The Morgan fingerprint density at radius 3 is 2.71 bits per heavy atom. The van der Waals surface area contributed by atoms with E-state index in [1.165, 1.54) is 4.31 Å². The Labute approximate surface area is 240 Å². The molecule has 3 fully saturated rings. The third-order valence-electron chi connectivity index (χ3n) is 8.45. The Morgan fingerprint density at radius 2 is 1.95 bits per heavy atom. The van der Waals surface area contributed by atoms with Gasteiger partial charge >= 0.3 is 0 Å². The Balaban J connectivity index is 1.33. The summed E-state index contributed by atoms with van der Waals surface area (Å²) in [5, 5.41) is 15.3. The fourth-order valence-corrected chi connectivity index (χ4v) is 7.99. The summed E-state index contributed by atoms with van der Waals surface area (Å²) in [6, 6.07) is 7.12. The van der Waals surface area contributed by atoms with E-state index < -0.39 is 16.1 Å². The van der Waals surface area contributed by atoms with Crippen molar-refractivity contribution in [2.45, 2.75) is 51.7 Å². The summed E-state index contributed by atoms with van der Waals surface area (Å²) >= 11 is 0. The molecule has 1 aromatic carbocycles. The average molecular weight is 580 g/mol. The number of aliphatic imine (C=N–C) groups is 1. The molecule has 3 aliphatic rings. The number of aliphatic hydroxyl groups is 1. The van der Waals surface area contributed by atoms with Gasteiger partial charge in [-0.15, -0.1) is 0 Å². The van der Waals surface area contributed by atoms with Gasteiger partial charge in [0.15, 0.2) is 5.65 Å². The molecule has 0 saturated carbocycles. The number of rotatable bonds is 5. The van der Waals surface area contributed by atoms with E-state index in [1.807, 2.05) is 37.1 Å². The van der Waals surface area contributed by atoms with Crippen molar-refractivity contribution < 1.29 is 18.3 Å². The van der Waals surface area contributed by atoms with Crippen LogP contribution in [-0.2, 0) is 10.0 Å². The van der Waals surface area contributed by atoms with Crippen molar-refractivity contribution in [2.24, 2.45) is 10.9 Å². The lowest BCUT2D eigenvalue weighted by Crippen LogP contribution is -2.39. The molecule has 3 atom stereocenters. The number of carbonyl (C=O) groups excluding carboxylic acids is 1. The molecule has 1 N–H and O–H groups in total. The maximum Gasteiger partial charge on any atom is 0.256 e. The lowest BCUT2D eigenvalue weighted by atomic mass is 9.97. The zero-order valence-electron chi connectivity index (χ0n) is 23.8. The number of aromatic nitrogens is 3. The SMILES string of the molecule is CN=C[C@@H]1CN(c2nc3cc([C@@H]4CCCCN4C(=O)c4cc(C)ccc4N4CCCS4(=O)=O)nn3cc2C)C[C@@H]1O. The van der Waals surface area contributed by atoms with Gasteiger partial charge < -0.3 is 19.9 Å². The first-order chi connectivity index (χ1) is 19.7. The van der Waals surface area contributed by atoms with Gasteiger partial charge in [-0.2, -0.15) is 5.10 Å². The van der Waals surface area contributed by atoms with Crippen molar-refractivity contribution in [1.82, 2.24) is 19.5 Å². The number of anilines is 2. The van der Waals surface area contributed by atoms with Crippen molar-refractivity contribution in [3.8, 4) is 0 Å². The van der Waals surface area contributed by atoms with Crippen molar-refractivity contribution in [1.29, 1.82) is 0 Å². The molecule has 0 unspecified atom stereocenters. The minimum absolute atomic E-state index is 0.0400. The molecule has 11 nitrogen and oxygen atoms in total. The quantitative estimate of drug-likeness (QED) is 0.461. The van der Waals surface area contributed by atoms with Gasteiger partial charge in [-0.3, -0.25) is 9.10 Å². The predicted octanol–water partition coefficient (Wildman–Crippen LogP) is 2.75. The molecule has 3 saturated heterocycles. The summed E-state index contributed by atoms with van der Waals surface area (Å²) in [6.45, 7) is 5.98. The Bertz CT molecular complexity index is 1620. The van der Waals surface area contributed by atoms with Gasteiger partial charge in [0.05, 0.1) is 34.8 Å². The van der Waals surface area contributed by atoms with Crippen LogP contribution >= 0.6 is 0 Å². The molecule has 3 aliphatic heterocycles. The number of hydrogen-bond donors (Lipinski definition) is 1. The number of hydrogen-bond acceptors (Lipinski definition) is 8. The van der Waals surface area contributed by atoms with Crippen LogP contribution in [-0.4, -0.2) is 90.2 Å². The smallest absolute Gasteiger partial charge is 0.256 e. The maximum atomic E-state index is 14.1. The minimum atomic E-state index is -3.44. The molecule has 2 aromatic heterocycles. The Hall–Kier alpha value is -3.51. The maximum absolute atomic E-state index is 14.1. The fraction of sp³-hybridized carbons (Fsp3) is 0.517. The molecule has 1 amide bonds. The highest BCUT2D eigenvalue weighted by Crippen LogP contribution is 2.36. The van der Waals surface area contributed by atoms with Crippen LogP contribution < -0.4 is 9.21 Å². The molecule has 0 radical (unpaired) electrons. The Kier molecular flexibility index (Phi) is 7.23. The van der Waals surface area contributed by atoms with Crippen LogP contribution in [0.25, 0.3) is 5.65 Å². The summed E-state index contributed by atoms with van der Waals surface area (Å²) in [7, 11) is -1.72. The number of piperidine rings is 1. The van der Waals surface area contributed by atoms with Crippen LogP contribution in [0.4, 0.5) is 11.5 Å². The molecule has 0 bridgehead atoms. The van der Waals surface area contributed by atoms with Crippen molar-refractivity contribution >= 4 is 39.3 Å². The topological polar surface area (TPSA) is 124 Å². The highest BCUT2D eigenvalue weighted by Gasteiger charge is 2.36. The van der Waals surface area contributed by atoms with E-state index in [0.29, 0.717) is 49.5 Å². The molecule has 3 aromatic rings. The standard InChI is InChI=1S/C29H37N7O4S/c1-19-8-9-24(36-11-6-12-41(36,39)40)22(13-19)29(38)34-10-5-4-7-25(34)23-14-27-31-28(20(2)16-35(27)32-23)33-17-21(15-30-3)26(37)18-33/h8-9,13-16,21,25-26,37H,4-7,10-12,17-18H2,1-3H3/t21-,25+,26+/m1/s1. The van der Waals surface area contributed by atoms with Crippen LogP contribution in [0.1, 0.15) is 58.9 Å². The summed E-state index contributed by atoms with van der Waals surface area (Å²) in [5.74, 6) is 0.691. The number of sulfonamides is 1. The summed E-state index contributed by atoms with van der Waals surface area (Å²) in [5.41, 5.74) is 4.17. The van der Waals surface area contributed by atoms with Gasteiger partial charge in [0.1, 0.15) is 5.82 Å². The van der Waals surface area contributed by atoms with E-state index in [4.69, 9.17) is 10.1 Å². The molecule has 12 heteroatoms. The zero-order valence-corrected chi connectivity index (χ0v) is 24.6. The molecule has 0 aliphatic carbocycles. The molecule has 218 valence electrons. The molecular weight excluding hydrogens is 542 g/mol. The summed E-state index contributed by atoms with van der Waals surface area (Å²) in [4.78, 5) is 27.1. The summed E-state index contributed by atoms with van der Waals surface area (Å²) in [6.07, 6.45) is 6.40. The second-order valence-electron chi connectivity index (χ2n) is 11.4. The first-order valence-electron chi connectivity index (χ1n) is 14.3. The number of β-amino-alcohol motifs (C(OH)–C–C–N with tert-alkyl or cyclic N) is 1. The molecule has 0 spiro atoms. The number of fused-ring (bicyclic) bond motifs is 1. The van der Waals surface area contributed by atoms with Crippen LogP contribution in [0.5, 0.6) is 0 Å². The van der Waals surface area contributed by atoms with E-state index in [-0.39, 0.29) is 23.6 Å². The second-order valence-corrected chi connectivity index (χ2v) is 13.4. The monoisotopic (exact) mass is 579 g/mol. The number of nitrogens with zero attached hydrogens (tertiary/aromatic N) is 7. The number of carbonyl (C=O) groups is 1. The number of aliphatic hydroxyl groups excluding tert-OH is 1. The van der Waals surface area contributed by atoms with Gasteiger partial charge in [-0.1, -0.05) is 11.6 Å². The van der Waals surface area contributed by atoms with Gasteiger partial charge in [0.2, 0.25) is 10.0 Å². The predicted molar refractivity (Wildman–Crippen MR) is 158 cm³/mol. The molecule has 6 rings (SSSR count). The third-order valence-corrected chi connectivity index (χ3v) is 10.3. The number of likely N-dealkylation sites (tertiary alicyclic amines) is 1. The van der Waals surface area contributed by atoms with Crippen molar-refractivity contribution in [3.63, 3.8) is 0 Å². The number of aryl methyl sites for hydroxylation is 2.